The van der Waals surface area contributed by atoms with Crippen molar-refractivity contribution >= 4 is 0 Å². The van der Waals surface area contributed by atoms with E-state index in [0.29, 0.717) is 6.04 Å². The van der Waals surface area contributed by atoms with Gasteiger partial charge in [0.2, 0.25) is 0 Å². The molecule has 0 spiro atoms. The van der Waals surface area contributed by atoms with E-state index in [9.17, 15) is 0 Å². The number of unbranched alkanes of at least 4 members (excludes halogenated alkanes) is 2. The molecular weight excluding hydrogens is 244 g/mol. The molecule has 0 aromatic rings. The number of nitrogens with zero attached hydrogens (tertiary/aromatic N) is 1. The van der Waals surface area contributed by atoms with E-state index in [2.05, 4.69) is 44.8 Å². The quantitative estimate of drug-likeness (QED) is 0.629. The first-order chi connectivity index (χ1) is 9.60. The fourth-order valence-electron chi connectivity index (χ4n) is 3.64. The fraction of sp³-hybridized carbons (Fsp3) is 1.00. The monoisotopic (exact) mass is 282 g/mol. The van der Waals surface area contributed by atoms with Crippen molar-refractivity contribution in [3.63, 3.8) is 0 Å². The van der Waals surface area contributed by atoms with Gasteiger partial charge in [0.05, 0.1) is 0 Å². The molecule has 1 aliphatic carbocycles. The van der Waals surface area contributed by atoms with Gasteiger partial charge in [-0.1, -0.05) is 33.6 Å². The molecule has 3 atom stereocenters. The van der Waals surface area contributed by atoms with Gasteiger partial charge in [-0.2, -0.15) is 0 Å². The van der Waals surface area contributed by atoms with Crippen molar-refractivity contribution in [1.29, 1.82) is 0 Å². The lowest BCUT2D eigenvalue weighted by atomic mass is 9.82. The van der Waals surface area contributed by atoms with Crippen LogP contribution in [0.2, 0.25) is 0 Å². The molecule has 120 valence electrons. The van der Waals surface area contributed by atoms with Gasteiger partial charge in [0.15, 0.2) is 0 Å². The van der Waals surface area contributed by atoms with Crippen molar-refractivity contribution in [3.05, 3.63) is 0 Å². The summed E-state index contributed by atoms with van der Waals surface area (Å²) < 4.78 is 0. The first-order valence-corrected chi connectivity index (χ1v) is 9.09. The summed E-state index contributed by atoms with van der Waals surface area (Å²) in [4.78, 5) is 2.79. The Labute approximate surface area is 127 Å². The van der Waals surface area contributed by atoms with E-state index in [1.54, 1.807) is 0 Å². The number of hydrogen-bond acceptors (Lipinski definition) is 2. The molecule has 1 aliphatic rings. The molecule has 0 aromatic heterocycles. The van der Waals surface area contributed by atoms with E-state index < -0.39 is 0 Å². The Morgan fingerprint density at radius 3 is 2.45 bits per heavy atom. The Morgan fingerprint density at radius 1 is 1.10 bits per heavy atom. The molecule has 0 heterocycles. The first kappa shape index (κ1) is 18.0. The van der Waals surface area contributed by atoms with Gasteiger partial charge in [0.1, 0.15) is 0 Å². The zero-order valence-electron chi connectivity index (χ0n) is 14.6. The third kappa shape index (κ3) is 5.73. The van der Waals surface area contributed by atoms with Gasteiger partial charge in [0, 0.05) is 18.1 Å². The molecule has 3 unspecified atom stereocenters. The minimum Gasteiger partial charge on any atom is -0.312 e. The van der Waals surface area contributed by atoms with Gasteiger partial charge in [-0.15, -0.1) is 0 Å². The maximum atomic E-state index is 3.83. The lowest BCUT2D eigenvalue weighted by Crippen LogP contribution is -2.55. The van der Waals surface area contributed by atoms with E-state index in [0.717, 1.165) is 18.0 Å². The third-order valence-electron chi connectivity index (χ3n) is 4.84. The number of rotatable bonds is 9. The Kier molecular flexibility index (Phi) is 8.79. The van der Waals surface area contributed by atoms with E-state index in [4.69, 9.17) is 0 Å². The smallest absolute Gasteiger partial charge is 0.0254 e. The summed E-state index contributed by atoms with van der Waals surface area (Å²) in [7, 11) is 0. The standard InChI is InChI=1S/C18H38N2/c1-6-8-9-13-20(15(3)4)18-14-16(5)10-11-17(18)19-12-7-2/h15-19H,6-14H2,1-5H3. The van der Waals surface area contributed by atoms with Crippen molar-refractivity contribution in [2.45, 2.75) is 97.7 Å². The second kappa shape index (κ2) is 9.78. The highest BCUT2D eigenvalue weighted by molar-refractivity contribution is 4.91. The van der Waals surface area contributed by atoms with E-state index in [1.807, 2.05) is 0 Å². The lowest BCUT2D eigenvalue weighted by molar-refractivity contribution is 0.0730. The van der Waals surface area contributed by atoms with Crippen molar-refractivity contribution in [1.82, 2.24) is 10.2 Å². The molecule has 2 nitrogen and oxygen atoms in total. The maximum Gasteiger partial charge on any atom is 0.0254 e. The molecule has 1 saturated carbocycles. The summed E-state index contributed by atoms with van der Waals surface area (Å²) in [5, 5.41) is 3.83. The largest absolute Gasteiger partial charge is 0.312 e. The predicted molar refractivity (Wildman–Crippen MR) is 90.3 cm³/mol. The summed E-state index contributed by atoms with van der Waals surface area (Å²) in [5.41, 5.74) is 0. The Morgan fingerprint density at radius 2 is 1.85 bits per heavy atom. The number of nitrogens with one attached hydrogen (secondary N) is 1. The van der Waals surface area contributed by atoms with Crippen LogP contribution in [0.15, 0.2) is 0 Å². The Hall–Kier alpha value is -0.0800. The molecule has 2 heteroatoms. The van der Waals surface area contributed by atoms with E-state index in [-0.39, 0.29) is 0 Å². The van der Waals surface area contributed by atoms with Crippen LogP contribution in [0, 0.1) is 5.92 Å². The average molecular weight is 283 g/mol. The Bertz CT molecular complexity index is 238. The van der Waals surface area contributed by atoms with Crippen LogP contribution in [0.3, 0.4) is 0 Å². The lowest BCUT2D eigenvalue weighted by Gasteiger charge is -2.44. The summed E-state index contributed by atoms with van der Waals surface area (Å²) in [6.07, 6.45) is 9.45. The normalized spacial score (nSPS) is 27.4. The zero-order valence-corrected chi connectivity index (χ0v) is 14.6. The fourth-order valence-corrected chi connectivity index (χ4v) is 3.64. The van der Waals surface area contributed by atoms with E-state index >= 15 is 0 Å². The van der Waals surface area contributed by atoms with Crippen LogP contribution in [0.25, 0.3) is 0 Å². The van der Waals surface area contributed by atoms with Crippen molar-refractivity contribution in [3.8, 4) is 0 Å². The van der Waals surface area contributed by atoms with Crippen molar-refractivity contribution in [2.75, 3.05) is 13.1 Å². The van der Waals surface area contributed by atoms with Crippen LogP contribution >= 0.6 is 0 Å². The first-order valence-electron chi connectivity index (χ1n) is 9.09. The van der Waals surface area contributed by atoms with Crippen LogP contribution in [-0.2, 0) is 0 Å². The van der Waals surface area contributed by atoms with E-state index in [1.165, 1.54) is 58.0 Å². The minimum absolute atomic E-state index is 0.674. The second-order valence-electron chi connectivity index (χ2n) is 7.08. The highest BCUT2D eigenvalue weighted by Crippen LogP contribution is 2.29. The Balaban J connectivity index is 2.65. The molecule has 0 radical (unpaired) electrons. The zero-order chi connectivity index (χ0) is 15.0. The predicted octanol–water partition coefficient (Wildman–Crippen LogP) is 4.44. The molecule has 0 saturated heterocycles. The molecule has 0 aliphatic heterocycles. The molecule has 1 fully saturated rings. The van der Waals surface area contributed by atoms with Gasteiger partial charge < -0.3 is 5.32 Å². The summed E-state index contributed by atoms with van der Waals surface area (Å²) in [5.74, 6) is 0.895. The summed E-state index contributed by atoms with van der Waals surface area (Å²) in [6, 6.07) is 2.14. The maximum absolute atomic E-state index is 3.83. The summed E-state index contributed by atoms with van der Waals surface area (Å²) in [6.45, 7) is 14.2. The topological polar surface area (TPSA) is 15.3 Å². The molecule has 1 N–H and O–H groups in total. The molecule has 1 rings (SSSR count). The molecule has 20 heavy (non-hydrogen) atoms. The third-order valence-corrected chi connectivity index (χ3v) is 4.84. The average Bonchev–Trinajstić information content (AvgIpc) is 2.42. The molecule has 0 amide bonds. The second-order valence-corrected chi connectivity index (χ2v) is 7.08. The minimum atomic E-state index is 0.674. The molecular formula is C18H38N2. The van der Waals surface area contributed by atoms with Crippen LogP contribution in [0.5, 0.6) is 0 Å². The van der Waals surface area contributed by atoms with Gasteiger partial charge in [0.25, 0.3) is 0 Å². The molecule has 0 aromatic carbocycles. The highest BCUT2D eigenvalue weighted by Gasteiger charge is 2.33. The van der Waals surface area contributed by atoms with Gasteiger partial charge in [-0.3, -0.25) is 4.90 Å². The van der Waals surface area contributed by atoms with Crippen LogP contribution in [0.4, 0.5) is 0 Å². The van der Waals surface area contributed by atoms with Gasteiger partial charge >= 0.3 is 0 Å². The van der Waals surface area contributed by atoms with Gasteiger partial charge in [-0.05, 0) is 65.0 Å². The van der Waals surface area contributed by atoms with Crippen LogP contribution in [-0.4, -0.2) is 36.1 Å². The summed E-state index contributed by atoms with van der Waals surface area (Å²) >= 11 is 0. The van der Waals surface area contributed by atoms with Crippen LogP contribution in [0.1, 0.15) is 79.6 Å². The molecule has 0 bridgehead atoms. The van der Waals surface area contributed by atoms with Gasteiger partial charge in [-0.25, -0.2) is 0 Å². The number of hydrogen-bond donors (Lipinski definition) is 1. The van der Waals surface area contributed by atoms with Crippen molar-refractivity contribution in [2.24, 2.45) is 5.92 Å². The van der Waals surface area contributed by atoms with Crippen LogP contribution < -0.4 is 5.32 Å². The SMILES string of the molecule is CCCCCN(C(C)C)C1CC(C)CCC1NCCC. The highest BCUT2D eigenvalue weighted by atomic mass is 15.2. The van der Waals surface area contributed by atoms with Crippen molar-refractivity contribution < 1.29 is 0 Å².